The minimum absolute atomic E-state index is 0.0181. The van der Waals surface area contributed by atoms with Gasteiger partial charge in [0.05, 0.1) is 28.9 Å². The van der Waals surface area contributed by atoms with E-state index >= 15 is 0 Å². The van der Waals surface area contributed by atoms with Crippen molar-refractivity contribution in [2.24, 2.45) is 0 Å². The molecule has 10 heteroatoms. The molecule has 0 spiro atoms. The number of carbonyl (C=O) groups excluding carboxylic acids is 2. The SMILES string of the molecule is CCN(CC)S(=O)(=O)c1ccc(N2CCCC2)c(C(=O)OCC(=O)Nc2ccccc2OC)c1. The van der Waals surface area contributed by atoms with Crippen molar-refractivity contribution in [2.75, 3.05) is 50.1 Å². The fourth-order valence-corrected chi connectivity index (χ4v) is 5.41. The number of hydrogen-bond donors (Lipinski definition) is 1. The minimum atomic E-state index is -3.76. The number of rotatable bonds is 10. The van der Waals surface area contributed by atoms with Crippen molar-refractivity contribution in [1.29, 1.82) is 0 Å². The molecule has 1 fully saturated rings. The maximum absolute atomic E-state index is 13.0. The molecule has 1 saturated heterocycles. The van der Waals surface area contributed by atoms with Gasteiger partial charge in [-0.25, -0.2) is 13.2 Å². The summed E-state index contributed by atoms with van der Waals surface area (Å²) in [4.78, 5) is 27.5. The summed E-state index contributed by atoms with van der Waals surface area (Å²) in [6, 6.07) is 11.4. The number of nitrogens with one attached hydrogen (secondary N) is 1. The summed E-state index contributed by atoms with van der Waals surface area (Å²) < 4.78 is 37.9. The van der Waals surface area contributed by atoms with E-state index in [9.17, 15) is 18.0 Å². The maximum atomic E-state index is 13.0. The molecule has 2 aromatic carbocycles. The molecule has 0 radical (unpaired) electrons. The number of carbonyl (C=O) groups is 2. The van der Waals surface area contributed by atoms with Gasteiger partial charge in [0.15, 0.2) is 6.61 Å². The number of esters is 1. The number of sulfonamides is 1. The second kappa shape index (κ2) is 11.3. The monoisotopic (exact) mass is 489 g/mol. The Balaban J connectivity index is 1.82. The predicted molar refractivity (Wildman–Crippen MR) is 130 cm³/mol. The van der Waals surface area contributed by atoms with E-state index in [-0.39, 0.29) is 10.5 Å². The van der Waals surface area contributed by atoms with Crippen LogP contribution in [-0.2, 0) is 19.6 Å². The molecule has 1 N–H and O–H groups in total. The number of benzene rings is 2. The Labute approximate surface area is 200 Å². The number of methoxy groups -OCH3 is 1. The van der Waals surface area contributed by atoms with Crippen LogP contribution in [-0.4, -0.2) is 64.5 Å². The van der Waals surface area contributed by atoms with Gasteiger partial charge in [-0.05, 0) is 43.2 Å². The Morgan fingerprint density at radius 1 is 1.06 bits per heavy atom. The summed E-state index contributed by atoms with van der Waals surface area (Å²) in [5.41, 5.74) is 1.18. The van der Waals surface area contributed by atoms with Crippen LogP contribution in [0.3, 0.4) is 0 Å². The fraction of sp³-hybridized carbons (Fsp3) is 0.417. The number of amides is 1. The first-order valence-corrected chi connectivity index (χ1v) is 12.7. The maximum Gasteiger partial charge on any atom is 0.340 e. The first kappa shape index (κ1) is 25.5. The lowest BCUT2D eigenvalue weighted by Crippen LogP contribution is -2.31. The first-order valence-electron chi connectivity index (χ1n) is 11.3. The minimum Gasteiger partial charge on any atom is -0.495 e. The molecule has 0 aliphatic carbocycles. The van der Waals surface area contributed by atoms with E-state index in [4.69, 9.17) is 9.47 Å². The second-order valence-corrected chi connectivity index (χ2v) is 9.72. The average molecular weight is 490 g/mol. The van der Waals surface area contributed by atoms with Gasteiger partial charge >= 0.3 is 5.97 Å². The van der Waals surface area contributed by atoms with Crippen molar-refractivity contribution in [1.82, 2.24) is 4.31 Å². The zero-order valence-electron chi connectivity index (χ0n) is 19.7. The van der Waals surface area contributed by atoms with Gasteiger partial charge in [-0.2, -0.15) is 4.31 Å². The number of para-hydroxylation sites is 2. The second-order valence-electron chi connectivity index (χ2n) is 7.79. The van der Waals surface area contributed by atoms with Crippen LogP contribution in [0.15, 0.2) is 47.4 Å². The number of hydrogen-bond acceptors (Lipinski definition) is 7. The molecule has 1 amide bonds. The highest BCUT2D eigenvalue weighted by molar-refractivity contribution is 7.89. The average Bonchev–Trinajstić information content (AvgIpc) is 3.38. The number of anilines is 2. The molecule has 2 aromatic rings. The van der Waals surface area contributed by atoms with Crippen LogP contribution < -0.4 is 15.0 Å². The lowest BCUT2D eigenvalue weighted by atomic mass is 10.1. The van der Waals surface area contributed by atoms with Gasteiger partial charge in [-0.15, -0.1) is 0 Å². The van der Waals surface area contributed by atoms with E-state index in [1.165, 1.54) is 23.5 Å². The summed E-state index contributed by atoms with van der Waals surface area (Å²) in [6.07, 6.45) is 1.96. The van der Waals surface area contributed by atoms with Crippen LogP contribution in [0.5, 0.6) is 5.75 Å². The molecular formula is C24H31N3O6S. The third-order valence-corrected chi connectivity index (χ3v) is 7.74. The fourth-order valence-electron chi connectivity index (χ4n) is 3.93. The molecule has 1 aliphatic rings. The summed E-state index contributed by atoms with van der Waals surface area (Å²) in [6.45, 7) is 5.15. The van der Waals surface area contributed by atoms with Crippen LogP contribution in [0, 0.1) is 0 Å². The van der Waals surface area contributed by atoms with Gasteiger partial charge in [-0.1, -0.05) is 26.0 Å². The topological polar surface area (TPSA) is 105 Å². The molecule has 0 bridgehead atoms. The molecule has 0 aromatic heterocycles. The van der Waals surface area contributed by atoms with Gasteiger partial charge < -0.3 is 19.7 Å². The van der Waals surface area contributed by atoms with Crippen molar-refractivity contribution in [2.45, 2.75) is 31.6 Å². The number of nitrogens with zero attached hydrogens (tertiary/aromatic N) is 2. The third-order valence-electron chi connectivity index (χ3n) is 5.69. The molecule has 1 aliphatic heterocycles. The largest absolute Gasteiger partial charge is 0.495 e. The van der Waals surface area contributed by atoms with E-state index in [1.807, 2.05) is 4.90 Å². The van der Waals surface area contributed by atoms with E-state index in [0.29, 0.717) is 30.2 Å². The van der Waals surface area contributed by atoms with Crippen molar-refractivity contribution in [3.8, 4) is 5.75 Å². The Morgan fingerprint density at radius 3 is 2.38 bits per heavy atom. The molecule has 0 atom stereocenters. The third kappa shape index (κ3) is 5.68. The van der Waals surface area contributed by atoms with Crippen molar-refractivity contribution >= 4 is 33.3 Å². The van der Waals surface area contributed by atoms with Crippen LogP contribution in [0.2, 0.25) is 0 Å². The quantitative estimate of drug-likeness (QED) is 0.511. The van der Waals surface area contributed by atoms with Crippen molar-refractivity contribution in [3.05, 3.63) is 48.0 Å². The molecule has 184 valence electrons. The number of ether oxygens (including phenoxy) is 2. The molecule has 3 rings (SSSR count). The Morgan fingerprint density at radius 2 is 1.74 bits per heavy atom. The van der Waals surface area contributed by atoms with Gasteiger partial charge in [-0.3, -0.25) is 4.79 Å². The van der Waals surface area contributed by atoms with Crippen LogP contribution in [0.1, 0.15) is 37.0 Å². The van der Waals surface area contributed by atoms with Gasteiger partial charge in [0.2, 0.25) is 10.0 Å². The summed E-state index contributed by atoms with van der Waals surface area (Å²) in [5.74, 6) is -0.811. The molecule has 0 unspecified atom stereocenters. The molecule has 1 heterocycles. The lowest BCUT2D eigenvalue weighted by molar-refractivity contribution is -0.119. The summed E-state index contributed by atoms with van der Waals surface area (Å²) in [5, 5.41) is 2.65. The molecule has 9 nitrogen and oxygen atoms in total. The Bertz CT molecular complexity index is 1130. The molecular weight excluding hydrogens is 458 g/mol. The van der Waals surface area contributed by atoms with Gasteiger partial charge in [0, 0.05) is 26.2 Å². The van der Waals surface area contributed by atoms with E-state index in [0.717, 1.165) is 25.9 Å². The highest BCUT2D eigenvalue weighted by Gasteiger charge is 2.27. The normalized spacial score (nSPS) is 13.7. The Kier molecular flexibility index (Phi) is 8.51. The standard InChI is InChI=1S/C24H31N3O6S/c1-4-27(5-2)34(30,31)18-12-13-21(26-14-8-9-15-26)19(16-18)24(29)33-17-23(28)25-20-10-6-7-11-22(20)32-3/h6-7,10-13,16H,4-5,8-9,14-15,17H2,1-3H3,(H,25,28). The van der Waals surface area contributed by atoms with Crippen LogP contribution in [0.25, 0.3) is 0 Å². The van der Waals surface area contributed by atoms with Crippen molar-refractivity contribution < 1.29 is 27.5 Å². The van der Waals surface area contributed by atoms with Crippen LogP contribution in [0.4, 0.5) is 11.4 Å². The highest BCUT2D eigenvalue weighted by atomic mass is 32.2. The zero-order chi connectivity index (χ0) is 24.7. The molecule has 0 saturated carbocycles. The highest BCUT2D eigenvalue weighted by Crippen LogP contribution is 2.29. The Hall–Kier alpha value is -3.11. The molecule has 34 heavy (non-hydrogen) atoms. The van der Waals surface area contributed by atoms with Crippen molar-refractivity contribution in [3.63, 3.8) is 0 Å². The van der Waals surface area contributed by atoms with E-state index < -0.39 is 28.5 Å². The lowest BCUT2D eigenvalue weighted by Gasteiger charge is -2.23. The van der Waals surface area contributed by atoms with E-state index in [1.54, 1.807) is 44.2 Å². The van der Waals surface area contributed by atoms with Gasteiger partial charge in [0.1, 0.15) is 5.75 Å². The van der Waals surface area contributed by atoms with Crippen LogP contribution >= 0.6 is 0 Å². The zero-order valence-corrected chi connectivity index (χ0v) is 20.6. The van der Waals surface area contributed by atoms with Gasteiger partial charge in [0.25, 0.3) is 5.91 Å². The predicted octanol–water partition coefficient (Wildman–Crippen LogP) is 3.12. The first-order chi connectivity index (χ1) is 16.3. The smallest absolute Gasteiger partial charge is 0.340 e. The summed E-state index contributed by atoms with van der Waals surface area (Å²) in [7, 11) is -2.27. The van der Waals surface area contributed by atoms with E-state index in [2.05, 4.69) is 5.32 Å². The summed E-state index contributed by atoms with van der Waals surface area (Å²) >= 11 is 0.